The molecule has 3 rings (SSSR count). The van der Waals surface area contributed by atoms with Crippen LogP contribution in [0.4, 0.5) is 0 Å². The first-order chi connectivity index (χ1) is 12.1. The van der Waals surface area contributed by atoms with Gasteiger partial charge in [0.1, 0.15) is 0 Å². The molecule has 2 aliphatic heterocycles. The van der Waals surface area contributed by atoms with Crippen molar-refractivity contribution < 1.29 is 4.79 Å². The summed E-state index contributed by atoms with van der Waals surface area (Å²) in [5.41, 5.74) is 0.725. The number of benzene rings is 1. The third-order valence-electron chi connectivity index (χ3n) is 5.92. The highest BCUT2D eigenvalue weighted by atomic mass is 16.2. The summed E-state index contributed by atoms with van der Waals surface area (Å²) >= 11 is 0. The Kier molecular flexibility index (Phi) is 6.10. The number of rotatable bonds is 6. The Morgan fingerprint density at radius 2 is 2.00 bits per heavy atom. The number of carbonyl (C=O) groups excluding carboxylic acids is 1. The zero-order valence-corrected chi connectivity index (χ0v) is 15.6. The van der Waals surface area contributed by atoms with Crippen molar-refractivity contribution in [3.63, 3.8) is 0 Å². The van der Waals surface area contributed by atoms with E-state index >= 15 is 0 Å². The summed E-state index contributed by atoms with van der Waals surface area (Å²) in [6.07, 6.45) is 3.31. The van der Waals surface area contributed by atoms with Crippen LogP contribution in [0, 0.1) is 0 Å². The van der Waals surface area contributed by atoms with Crippen LogP contribution in [0.5, 0.6) is 0 Å². The van der Waals surface area contributed by atoms with E-state index in [4.69, 9.17) is 0 Å². The van der Waals surface area contributed by atoms with Gasteiger partial charge in [0.25, 0.3) is 0 Å². The number of hydrogen-bond acceptors (Lipinski definition) is 4. The Morgan fingerprint density at radius 1 is 1.28 bits per heavy atom. The third-order valence-corrected chi connectivity index (χ3v) is 5.92. The molecule has 1 aromatic carbocycles. The lowest BCUT2D eigenvalue weighted by atomic mass is 9.79. The van der Waals surface area contributed by atoms with Gasteiger partial charge in [0.05, 0.1) is 5.41 Å². The van der Waals surface area contributed by atoms with Gasteiger partial charge in [-0.2, -0.15) is 0 Å². The Morgan fingerprint density at radius 3 is 2.60 bits per heavy atom. The maximum atomic E-state index is 13.0. The molecule has 2 aliphatic rings. The molecule has 0 bridgehead atoms. The standard InChI is InChI=1S/C20H32N4O/c1-23(2)18-8-13-24(14-9-18)15-12-22-19(25)20(10-11-21-16-20)17-6-4-3-5-7-17/h3-7,18,21H,8-16H2,1-2H3,(H,22,25). The normalized spacial score (nSPS) is 25.4. The minimum Gasteiger partial charge on any atom is -0.354 e. The monoisotopic (exact) mass is 344 g/mol. The van der Waals surface area contributed by atoms with Gasteiger partial charge in [0.15, 0.2) is 0 Å². The summed E-state index contributed by atoms with van der Waals surface area (Å²) < 4.78 is 0. The van der Waals surface area contributed by atoms with Gasteiger partial charge < -0.3 is 20.4 Å². The fourth-order valence-corrected chi connectivity index (χ4v) is 4.18. The van der Waals surface area contributed by atoms with E-state index in [-0.39, 0.29) is 5.91 Å². The van der Waals surface area contributed by atoms with Crippen LogP contribution in [-0.2, 0) is 10.2 Å². The highest BCUT2D eigenvalue weighted by Gasteiger charge is 2.42. The van der Waals surface area contributed by atoms with Gasteiger partial charge >= 0.3 is 0 Å². The summed E-state index contributed by atoms with van der Waals surface area (Å²) in [6.45, 7) is 5.58. The number of piperidine rings is 1. The lowest BCUT2D eigenvalue weighted by Gasteiger charge is -2.35. The Hall–Kier alpha value is -1.43. The first-order valence-corrected chi connectivity index (χ1v) is 9.55. The minimum absolute atomic E-state index is 0.173. The minimum atomic E-state index is -0.404. The van der Waals surface area contributed by atoms with E-state index in [9.17, 15) is 4.79 Å². The van der Waals surface area contributed by atoms with E-state index in [1.165, 1.54) is 12.8 Å². The van der Waals surface area contributed by atoms with Crippen molar-refractivity contribution in [2.24, 2.45) is 0 Å². The molecule has 25 heavy (non-hydrogen) atoms. The van der Waals surface area contributed by atoms with Crippen LogP contribution < -0.4 is 10.6 Å². The number of nitrogens with one attached hydrogen (secondary N) is 2. The molecule has 1 aromatic rings. The predicted octanol–water partition coefficient (Wildman–Crippen LogP) is 1.06. The highest BCUT2D eigenvalue weighted by molar-refractivity contribution is 5.89. The molecule has 1 unspecified atom stereocenters. The summed E-state index contributed by atoms with van der Waals surface area (Å²) in [5.74, 6) is 0.173. The zero-order valence-electron chi connectivity index (χ0n) is 15.6. The molecule has 5 nitrogen and oxygen atoms in total. The molecule has 0 radical (unpaired) electrons. The van der Waals surface area contributed by atoms with Crippen molar-refractivity contribution in [1.82, 2.24) is 20.4 Å². The zero-order chi connectivity index (χ0) is 17.7. The average Bonchev–Trinajstić information content (AvgIpc) is 3.14. The summed E-state index contributed by atoms with van der Waals surface area (Å²) in [7, 11) is 4.33. The molecular formula is C20H32N4O. The van der Waals surface area contributed by atoms with Crippen molar-refractivity contribution in [3.8, 4) is 0 Å². The summed E-state index contributed by atoms with van der Waals surface area (Å²) in [5, 5.41) is 6.59. The van der Waals surface area contributed by atoms with Crippen molar-refractivity contribution in [3.05, 3.63) is 35.9 Å². The summed E-state index contributed by atoms with van der Waals surface area (Å²) in [4.78, 5) is 17.8. The average molecular weight is 345 g/mol. The van der Waals surface area contributed by atoms with Gasteiger partial charge in [-0.25, -0.2) is 0 Å². The number of nitrogens with zero attached hydrogens (tertiary/aromatic N) is 2. The van der Waals surface area contributed by atoms with Crippen LogP contribution in [0.25, 0.3) is 0 Å². The quantitative estimate of drug-likeness (QED) is 0.810. The van der Waals surface area contributed by atoms with Gasteiger partial charge in [-0.1, -0.05) is 30.3 Å². The topological polar surface area (TPSA) is 47.6 Å². The SMILES string of the molecule is CN(C)C1CCN(CCNC(=O)C2(c3ccccc3)CCNC2)CC1. The Labute approximate surface area is 151 Å². The van der Waals surface area contributed by atoms with Gasteiger partial charge in [0.2, 0.25) is 5.91 Å². The Bertz CT molecular complexity index is 546. The lowest BCUT2D eigenvalue weighted by Crippen LogP contribution is -2.49. The van der Waals surface area contributed by atoms with Crippen LogP contribution in [0.3, 0.4) is 0 Å². The highest BCUT2D eigenvalue weighted by Crippen LogP contribution is 2.30. The van der Waals surface area contributed by atoms with E-state index in [2.05, 4.69) is 46.7 Å². The fraction of sp³-hybridized carbons (Fsp3) is 0.650. The third kappa shape index (κ3) is 4.22. The largest absolute Gasteiger partial charge is 0.354 e. The van der Waals surface area contributed by atoms with E-state index in [1.807, 2.05) is 18.2 Å². The lowest BCUT2D eigenvalue weighted by molar-refractivity contribution is -0.126. The van der Waals surface area contributed by atoms with Gasteiger partial charge in [-0.15, -0.1) is 0 Å². The fourth-order valence-electron chi connectivity index (χ4n) is 4.18. The molecule has 0 saturated carbocycles. The predicted molar refractivity (Wildman–Crippen MR) is 102 cm³/mol. The molecule has 138 valence electrons. The summed E-state index contributed by atoms with van der Waals surface area (Å²) in [6, 6.07) is 10.9. The number of amides is 1. The maximum Gasteiger partial charge on any atom is 0.232 e. The molecule has 1 atom stereocenters. The van der Waals surface area contributed by atoms with Crippen LogP contribution in [0.15, 0.2) is 30.3 Å². The van der Waals surface area contributed by atoms with Crippen molar-refractivity contribution in [1.29, 1.82) is 0 Å². The molecule has 2 heterocycles. The van der Waals surface area contributed by atoms with Gasteiger partial charge in [-0.05, 0) is 58.6 Å². The second-order valence-corrected chi connectivity index (χ2v) is 7.67. The van der Waals surface area contributed by atoms with Crippen LogP contribution in [0.1, 0.15) is 24.8 Å². The van der Waals surface area contributed by atoms with Crippen LogP contribution in [-0.4, -0.2) is 75.1 Å². The second kappa shape index (κ2) is 8.30. The van der Waals surface area contributed by atoms with Gasteiger partial charge in [0, 0.05) is 25.7 Å². The van der Waals surface area contributed by atoms with E-state index < -0.39 is 5.41 Å². The second-order valence-electron chi connectivity index (χ2n) is 7.67. The van der Waals surface area contributed by atoms with Crippen molar-refractivity contribution in [2.75, 3.05) is 53.4 Å². The number of likely N-dealkylation sites (tertiary alicyclic amines) is 1. The van der Waals surface area contributed by atoms with E-state index in [1.54, 1.807) is 0 Å². The van der Waals surface area contributed by atoms with E-state index in [0.717, 1.165) is 51.3 Å². The molecular weight excluding hydrogens is 312 g/mol. The molecule has 0 spiro atoms. The molecule has 2 N–H and O–H groups in total. The molecule has 2 saturated heterocycles. The van der Waals surface area contributed by atoms with Crippen molar-refractivity contribution in [2.45, 2.75) is 30.7 Å². The molecule has 0 aromatic heterocycles. The molecule has 5 heteroatoms. The van der Waals surface area contributed by atoms with Crippen LogP contribution in [0.2, 0.25) is 0 Å². The smallest absolute Gasteiger partial charge is 0.232 e. The molecule has 2 fully saturated rings. The van der Waals surface area contributed by atoms with Crippen molar-refractivity contribution >= 4 is 5.91 Å². The first-order valence-electron chi connectivity index (χ1n) is 9.55. The van der Waals surface area contributed by atoms with E-state index in [0.29, 0.717) is 6.04 Å². The molecule has 1 amide bonds. The number of hydrogen-bond donors (Lipinski definition) is 2. The molecule has 0 aliphatic carbocycles. The Balaban J connectivity index is 1.50. The first kappa shape index (κ1) is 18.4. The van der Waals surface area contributed by atoms with Gasteiger partial charge in [-0.3, -0.25) is 4.79 Å². The van der Waals surface area contributed by atoms with Crippen LogP contribution >= 0.6 is 0 Å². The number of carbonyl (C=O) groups is 1. The maximum absolute atomic E-state index is 13.0.